The van der Waals surface area contributed by atoms with E-state index in [1.807, 2.05) is 0 Å². The number of hydrogen-bond donors (Lipinski definition) is 2. The van der Waals surface area contributed by atoms with Crippen LogP contribution in [0.1, 0.15) is 348 Å². The van der Waals surface area contributed by atoms with E-state index in [9.17, 15) is 19.0 Å². The third-order valence-corrected chi connectivity index (χ3v) is 17.1. The van der Waals surface area contributed by atoms with Gasteiger partial charge in [0, 0.05) is 19.4 Å². The van der Waals surface area contributed by atoms with Crippen LogP contribution in [0.3, 0.4) is 0 Å². The quantitative estimate of drug-likeness (QED) is 0.0264. The lowest BCUT2D eigenvalue weighted by atomic mass is 10.0. The van der Waals surface area contributed by atoms with Crippen LogP contribution in [0.4, 0.5) is 0 Å². The number of esters is 2. The molecule has 0 spiro atoms. The van der Waals surface area contributed by atoms with E-state index in [2.05, 4.69) is 123 Å². The molecule has 2 atom stereocenters. The predicted octanol–water partition coefficient (Wildman–Crippen LogP) is 24.9. The van der Waals surface area contributed by atoms with Crippen LogP contribution in [-0.4, -0.2) is 49.3 Å². The van der Waals surface area contributed by atoms with Gasteiger partial charge in [0.1, 0.15) is 6.61 Å². The van der Waals surface area contributed by atoms with Gasteiger partial charge in [0.15, 0.2) is 6.10 Å². The average molecular weight is 1260 g/mol. The van der Waals surface area contributed by atoms with Gasteiger partial charge in [-0.15, -0.1) is 0 Å². The largest absolute Gasteiger partial charge is 0.472 e. The summed E-state index contributed by atoms with van der Waals surface area (Å²) in [6.07, 6.45) is 102. The molecule has 9 nitrogen and oxygen atoms in total. The van der Waals surface area contributed by atoms with Gasteiger partial charge in [0.2, 0.25) is 0 Å². The Bertz CT molecular complexity index is 1830. The lowest BCUT2D eigenvalue weighted by molar-refractivity contribution is -0.161. The zero-order chi connectivity index (χ0) is 64.4. The Labute approximate surface area is 549 Å². The van der Waals surface area contributed by atoms with E-state index in [1.165, 1.54) is 218 Å². The van der Waals surface area contributed by atoms with E-state index >= 15 is 0 Å². The maximum atomic E-state index is 12.8. The second-order valence-electron chi connectivity index (χ2n) is 24.8. The van der Waals surface area contributed by atoms with Crippen molar-refractivity contribution in [1.29, 1.82) is 0 Å². The maximum Gasteiger partial charge on any atom is 0.472 e. The van der Waals surface area contributed by atoms with Crippen LogP contribution in [-0.2, 0) is 32.7 Å². The molecule has 0 aliphatic rings. The molecule has 89 heavy (non-hydrogen) atoms. The molecule has 0 bridgehead atoms. The summed E-state index contributed by atoms with van der Waals surface area (Å²) in [5, 5.41) is 0. The first-order valence-electron chi connectivity index (χ1n) is 37.4. The molecule has 0 aromatic rings. The minimum Gasteiger partial charge on any atom is -0.462 e. The number of phosphoric ester groups is 1. The molecular formula is C79H140NO8P. The molecule has 0 amide bonds. The summed E-state index contributed by atoms with van der Waals surface area (Å²) in [5.74, 6) is -0.833. The van der Waals surface area contributed by atoms with Gasteiger partial charge in [0.05, 0.1) is 13.2 Å². The molecule has 0 aliphatic carbocycles. The highest BCUT2D eigenvalue weighted by atomic mass is 31.2. The van der Waals surface area contributed by atoms with E-state index in [0.29, 0.717) is 6.42 Å². The van der Waals surface area contributed by atoms with Crippen molar-refractivity contribution in [3.63, 3.8) is 0 Å². The second-order valence-corrected chi connectivity index (χ2v) is 26.2. The zero-order valence-electron chi connectivity index (χ0n) is 57.9. The Morgan fingerprint density at radius 1 is 0.348 bits per heavy atom. The van der Waals surface area contributed by atoms with Gasteiger partial charge in [-0.05, 0) is 103 Å². The molecule has 0 saturated heterocycles. The second kappa shape index (κ2) is 73.7. The Morgan fingerprint density at radius 3 is 0.921 bits per heavy atom. The Kier molecular flexibility index (Phi) is 71.0. The number of ether oxygens (including phenoxy) is 2. The van der Waals surface area contributed by atoms with E-state index in [4.69, 9.17) is 24.3 Å². The van der Waals surface area contributed by atoms with E-state index < -0.39 is 26.5 Å². The highest BCUT2D eigenvalue weighted by Crippen LogP contribution is 2.43. The number of nitrogens with two attached hydrogens (primary N) is 1. The van der Waals surface area contributed by atoms with Crippen LogP contribution < -0.4 is 5.73 Å². The number of carbonyl (C=O) groups is 2. The maximum absolute atomic E-state index is 12.8. The SMILES string of the molecule is CC/C=C\C/C=C\C/C=C\C/C=C\C/C=C\C/C=C\C/C=C\CCCCCCCCCC(=O)OC(COC(=O)CCCCCCCCCCCCCCCCCCCCCCCCCCCCC/C=C\C/C=C\CCCCCCC)COP(=O)(O)OCCN. The van der Waals surface area contributed by atoms with Crippen LogP contribution in [0.5, 0.6) is 0 Å². The minimum atomic E-state index is -4.40. The van der Waals surface area contributed by atoms with Crippen LogP contribution in [0.2, 0.25) is 0 Å². The molecule has 0 saturated carbocycles. The summed E-state index contributed by atoms with van der Waals surface area (Å²) in [6, 6.07) is 0. The fourth-order valence-corrected chi connectivity index (χ4v) is 11.4. The summed E-state index contributed by atoms with van der Waals surface area (Å²) in [7, 11) is -4.40. The molecule has 0 rings (SSSR count). The summed E-state index contributed by atoms with van der Waals surface area (Å²) >= 11 is 0. The zero-order valence-corrected chi connectivity index (χ0v) is 58.8. The monoisotopic (exact) mass is 1260 g/mol. The lowest BCUT2D eigenvalue weighted by Crippen LogP contribution is -2.29. The number of unbranched alkanes of at least 4 members (excludes halogenated alkanes) is 39. The summed E-state index contributed by atoms with van der Waals surface area (Å²) in [4.78, 5) is 35.4. The topological polar surface area (TPSA) is 134 Å². The number of allylic oxidation sites excluding steroid dienone is 18. The van der Waals surface area contributed by atoms with Gasteiger partial charge in [0.25, 0.3) is 0 Å². The Morgan fingerprint density at radius 2 is 0.618 bits per heavy atom. The molecule has 0 fully saturated rings. The Balaban J connectivity index is 3.83. The molecule has 0 aliphatic heterocycles. The van der Waals surface area contributed by atoms with E-state index in [1.54, 1.807) is 0 Å². The highest BCUT2D eigenvalue weighted by molar-refractivity contribution is 7.47. The number of rotatable bonds is 70. The molecule has 0 aromatic heterocycles. The van der Waals surface area contributed by atoms with Crippen LogP contribution >= 0.6 is 7.82 Å². The van der Waals surface area contributed by atoms with Crippen molar-refractivity contribution in [3.8, 4) is 0 Å². The molecular weight excluding hydrogens is 1120 g/mol. The summed E-state index contributed by atoms with van der Waals surface area (Å²) in [5.41, 5.74) is 5.41. The molecule has 0 heterocycles. The van der Waals surface area contributed by atoms with Crippen molar-refractivity contribution in [2.75, 3.05) is 26.4 Å². The first kappa shape index (κ1) is 85.7. The fourth-order valence-electron chi connectivity index (χ4n) is 10.7. The lowest BCUT2D eigenvalue weighted by Gasteiger charge is -2.19. The van der Waals surface area contributed by atoms with E-state index in [-0.39, 0.29) is 38.6 Å². The van der Waals surface area contributed by atoms with Gasteiger partial charge in [-0.2, -0.15) is 0 Å². The molecule has 3 N–H and O–H groups in total. The van der Waals surface area contributed by atoms with Crippen molar-refractivity contribution in [2.24, 2.45) is 5.73 Å². The summed E-state index contributed by atoms with van der Waals surface area (Å²) in [6.45, 7) is 3.64. The van der Waals surface area contributed by atoms with Gasteiger partial charge in [-0.25, -0.2) is 4.57 Å². The standard InChI is InChI=1S/C79H140NO8P/c1-3-5-7-9-11-13-15-17-19-21-23-25-27-29-31-33-34-35-36-37-38-39-40-41-42-44-45-47-49-51-53-55-57-59-61-63-65-67-69-71-78(81)85-75-77(76-87-89(83,84)86-74-73-80)88-79(82)72-70-68-66-64-62-60-58-56-54-52-50-48-46-43-32-30-28-26-24-22-20-18-16-14-12-10-8-6-4-2/h6,8,12,14-15,17-18,20-21,23-24,26,30,32,46,48,52,54,77H,3-5,7,9-11,13,16,19,22,25,27-29,31,33-45,47,49-51,53,55-76,80H2,1-2H3,(H,83,84)/b8-6-,14-12-,17-15-,20-18-,23-21-,26-24-,32-30-,48-46-,54-52-. The van der Waals surface area contributed by atoms with Crippen LogP contribution in [0, 0.1) is 0 Å². The number of hydrogen-bond acceptors (Lipinski definition) is 8. The van der Waals surface area contributed by atoms with Gasteiger partial charge < -0.3 is 20.1 Å². The third-order valence-electron chi connectivity index (χ3n) is 16.1. The van der Waals surface area contributed by atoms with Crippen molar-refractivity contribution >= 4 is 19.8 Å². The van der Waals surface area contributed by atoms with E-state index in [0.717, 1.165) is 96.3 Å². The normalized spacial score (nSPS) is 13.5. The average Bonchev–Trinajstić information content (AvgIpc) is 3.68. The van der Waals surface area contributed by atoms with Crippen LogP contribution in [0.15, 0.2) is 109 Å². The minimum absolute atomic E-state index is 0.0479. The van der Waals surface area contributed by atoms with Crippen molar-refractivity contribution < 1.29 is 37.6 Å². The first-order chi connectivity index (χ1) is 43.8. The van der Waals surface area contributed by atoms with Crippen molar-refractivity contribution in [3.05, 3.63) is 109 Å². The van der Waals surface area contributed by atoms with Gasteiger partial charge >= 0.3 is 19.8 Å². The smallest absolute Gasteiger partial charge is 0.462 e. The van der Waals surface area contributed by atoms with Crippen molar-refractivity contribution in [1.82, 2.24) is 0 Å². The van der Waals surface area contributed by atoms with Gasteiger partial charge in [-0.1, -0.05) is 342 Å². The molecule has 514 valence electrons. The number of carbonyl (C=O) groups excluding carboxylic acids is 2. The summed E-state index contributed by atoms with van der Waals surface area (Å²) < 4.78 is 33.2. The molecule has 10 heteroatoms. The fraction of sp³-hybridized carbons (Fsp3) is 0.747. The van der Waals surface area contributed by atoms with Crippen LogP contribution in [0.25, 0.3) is 0 Å². The molecule has 0 radical (unpaired) electrons. The van der Waals surface area contributed by atoms with Crippen molar-refractivity contribution in [2.45, 2.75) is 354 Å². The number of phosphoric acid groups is 1. The molecule has 2 unspecified atom stereocenters. The van der Waals surface area contributed by atoms with Gasteiger partial charge in [-0.3, -0.25) is 18.6 Å². The Hall–Kier alpha value is -3.33. The highest BCUT2D eigenvalue weighted by Gasteiger charge is 2.26. The first-order valence-corrected chi connectivity index (χ1v) is 38.9. The third kappa shape index (κ3) is 73.6. The molecule has 0 aromatic carbocycles. The predicted molar refractivity (Wildman–Crippen MR) is 385 cm³/mol.